The average molecular weight is 361 g/mol. The minimum Gasteiger partial charge on any atom is -0.384 e. The lowest BCUT2D eigenvalue weighted by atomic mass is 9.97. The van der Waals surface area contributed by atoms with E-state index in [1.54, 1.807) is 0 Å². The van der Waals surface area contributed by atoms with Crippen LogP contribution in [-0.2, 0) is 19.7 Å². The molecule has 1 heterocycles. The maximum Gasteiger partial charge on any atom is 0.177 e. The number of sulfone groups is 2. The zero-order valence-electron chi connectivity index (χ0n) is 13.6. The Morgan fingerprint density at radius 1 is 1.00 bits per heavy atom. The molecule has 1 aromatic carbocycles. The van der Waals surface area contributed by atoms with E-state index >= 15 is 0 Å². The number of rotatable bonds is 5. The van der Waals surface area contributed by atoms with Crippen molar-refractivity contribution >= 4 is 25.4 Å². The molecule has 3 N–H and O–H groups in total. The van der Waals surface area contributed by atoms with E-state index in [0.717, 1.165) is 12.5 Å². The summed E-state index contributed by atoms with van der Waals surface area (Å²) in [5.74, 6) is 0.275. The minimum atomic E-state index is -3.55. The molecule has 0 aliphatic carbocycles. The van der Waals surface area contributed by atoms with E-state index in [0.29, 0.717) is 12.2 Å². The number of nitrogens with one attached hydrogen (secondary N) is 3. The van der Waals surface area contributed by atoms with E-state index in [1.165, 1.54) is 18.2 Å². The van der Waals surface area contributed by atoms with Crippen molar-refractivity contribution in [2.45, 2.75) is 35.7 Å². The van der Waals surface area contributed by atoms with Crippen molar-refractivity contribution in [1.29, 1.82) is 0 Å². The van der Waals surface area contributed by atoms with Gasteiger partial charge in [0, 0.05) is 37.1 Å². The van der Waals surface area contributed by atoms with Gasteiger partial charge in [-0.05, 0) is 32.0 Å². The van der Waals surface area contributed by atoms with E-state index in [-0.39, 0.29) is 27.8 Å². The van der Waals surface area contributed by atoms with Crippen molar-refractivity contribution in [3.05, 3.63) is 18.2 Å². The SMILES string of the molecule is CC1NNC(C)C1CNc1ccc(S(C)(=O)=O)cc1S(C)(=O)=O. The first-order valence-corrected chi connectivity index (χ1v) is 11.1. The van der Waals surface area contributed by atoms with Crippen LogP contribution in [0.2, 0.25) is 0 Å². The van der Waals surface area contributed by atoms with Gasteiger partial charge in [-0.3, -0.25) is 10.9 Å². The zero-order valence-corrected chi connectivity index (χ0v) is 15.3. The molecule has 1 aliphatic rings. The molecule has 2 unspecified atom stereocenters. The van der Waals surface area contributed by atoms with Crippen molar-refractivity contribution in [2.24, 2.45) is 5.92 Å². The van der Waals surface area contributed by atoms with E-state index in [9.17, 15) is 16.8 Å². The molecule has 0 bridgehead atoms. The number of hydrogen-bond donors (Lipinski definition) is 3. The second-order valence-electron chi connectivity index (χ2n) is 6.11. The zero-order chi connectivity index (χ0) is 17.4. The van der Waals surface area contributed by atoms with E-state index < -0.39 is 19.7 Å². The summed E-state index contributed by atoms with van der Waals surface area (Å²) in [4.78, 5) is -0.00550. The van der Waals surface area contributed by atoms with Crippen LogP contribution in [-0.4, -0.2) is 48.0 Å². The molecule has 7 nitrogen and oxygen atoms in total. The van der Waals surface area contributed by atoms with Gasteiger partial charge in [0.15, 0.2) is 19.7 Å². The molecule has 0 amide bonds. The fourth-order valence-corrected chi connectivity index (χ4v) is 4.28. The summed E-state index contributed by atoms with van der Waals surface area (Å²) in [7, 11) is -7.01. The summed E-state index contributed by atoms with van der Waals surface area (Å²) in [6.07, 6.45) is 2.13. The lowest BCUT2D eigenvalue weighted by Crippen LogP contribution is -2.30. The number of hydrogen-bond acceptors (Lipinski definition) is 7. The Morgan fingerprint density at radius 3 is 2.04 bits per heavy atom. The summed E-state index contributed by atoms with van der Waals surface area (Å²) in [6, 6.07) is 4.64. The predicted octanol–water partition coefficient (Wildman–Crippen LogP) is 0.407. The third-order valence-corrected chi connectivity index (χ3v) is 6.38. The maximum absolute atomic E-state index is 12.0. The quantitative estimate of drug-likeness (QED) is 0.697. The lowest BCUT2D eigenvalue weighted by Gasteiger charge is -2.20. The molecule has 0 aromatic heterocycles. The van der Waals surface area contributed by atoms with Gasteiger partial charge in [0.25, 0.3) is 0 Å². The smallest absolute Gasteiger partial charge is 0.177 e. The molecule has 2 rings (SSSR count). The van der Waals surface area contributed by atoms with E-state index in [2.05, 4.69) is 16.2 Å². The summed E-state index contributed by atoms with van der Waals surface area (Å²) in [6.45, 7) is 4.67. The van der Waals surface area contributed by atoms with Crippen LogP contribution >= 0.6 is 0 Å². The molecule has 2 atom stereocenters. The summed E-state index contributed by atoms with van der Waals surface area (Å²) in [5, 5.41) is 3.15. The van der Waals surface area contributed by atoms with Crippen molar-refractivity contribution in [1.82, 2.24) is 10.9 Å². The lowest BCUT2D eigenvalue weighted by molar-refractivity contribution is 0.466. The Kier molecular flexibility index (Phi) is 5.05. The van der Waals surface area contributed by atoms with Gasteiger partial charge >= 0.3 is 0 Å². The van der Waals surface area contributed by atoms with Gasteiger partial charge in [0.2, 0.25) is 0 Å². The fourth-order valence-electron chi connectivity index (χ4n) is 2.68. The molecule has 0 spiro atoms. The van der Waals surface area contributed by atoms with Crippen LogP contribution in [0.4, 0.5) is 5.69 Å². The van der Waals surface area contributed by atoms with Gasteiger partial charge in [-0.15, -0.1) is 0 Å². The minimum absolute atomic E-state index is 0.000327. The Hall–Kier alpha value is -1.16. The fraction of sp³-hybridized carbons (Fsp3) is 0.571. The normalized spacial score (nSPS) is 25.5. The van der Waals surface area contributed by atoms with Gasteiger partial charge in [-0.25, -0.2) is 16.8 Å². The Bertz CT molecular complexity index is 780. The molecule has 1 aromatic rings. The number of benzene rings is 1. The van der Waals surface area contributed by atoms with Gasteiger partial charge < -0.3 is 5.32 Å². The van der Waals surface area contributed by atoms with Crippen LogP contribution in [0, 0.1) is 5.92 Å². The Balaban J connectivity index is 2.31. The molecule has 1 fully saturated rings. The van der Waals surface area contributed by atoms with Crippen LogP contribution < -0.4 is 16.2 Å². The molecule has 1 saturated heterocycles. The maximum atomic E-state index is 12.0. The van der Waals surface area contributed by atoms with Crippen LogP contribution in [0.15, 0.2) is 28.0 Å². The predicted molar refractivity (Wildman–Crippen MR) is 89.8 cm³/mol. The molecule has 130 valence electrons. The van der Waals surface area contributed by atoms with Gasteiger partial charge in [0.1, 0.15) is 0 Å². The van der Waals surface area contributed by atoms with Crippen LogP contribution in [0.1, 0.15) is 13.8 Å². The van der Waals surface area contributed by atoms with Crippen LogP contribution in [0.3, 0.4) is 0 Å². The van der Waals surface area contributed by atoms with Gasteiger partial charge in [0.05, 0.1) is 15.5 Å². The van der Waals surface area contributed by atoms with E-state index in [4.69, 9.17) is 0 Å². The highest BCUT2D eigenvalue weighted by atomic mass is 32.2. The Morgan fingerprint density at radius 2 is 1.57 bits per heavy atom. The van der Waals surface area contributed by atoms with Gasteiger partial charge in [-0.2, -0.15) is 0 Å². The van der Waals surface area contributed by atoms with Crippen molar-refractivity contribution < 1.29 is 16.8 Å². The topological polar surface area (TPSA) is 104 Å². The molecule has 9 heteroatoms. The highest BCUT2D eigenvalue weighted by Crippen LogP contribution is 2.26. The highest BCUT2D eigenvalue weighted by molar-refractivity contribution is 7.91. The second-order valence-corrected chi connectivity index (χ2v) is 10.1. The molecular formula is C14H23N3O4S2. The Labute approximate surface area is 137 Å². The second kappa shape index (κ2) is 6.39. The van der Waals surface area contributed by atoms with Gasteiger partial charge in [-0.1, -0.05) is 0 Å². The third-order valence-electron chi connectivity index (χ3n) is 4.13. The van der Waals surface area contributed by atoms with E-state index in [1.807, 2.05) is 13.8 Å². The summed E-state index contributed by atoms with van der Waals surface area (Å²) < 4.78 is 47.3. The highest BCUT2D eigenvalue weighted by Gasteiger charge is 2.29. The summed E-state index contributed by atoms with van der Waals surface area (Å²) >= 11 is 0. The molecule has 0 saturated carbocycles. The van der Waals surface area contributed by atoms with Crippen molar-refractivity contribution in [3.8, 4) is 0 Å². The number of hydrazine groups is 1. The summed E-state index contributed by atoms with van der Waals surface area (Å²) in [5.41, 5.74) is 6.71. The van der Waals surface area contributed by atoms with Crippen LogP contribution in [0.25, 0.3) is 0 Å². The molecular weight excluding hydrogens is 338 g/mol. The van der Waals surface area contributed by atoms with Crippen molar-refractivity contribution in [2.75, 3.05) is 24.4 Å². The largest absolute Gasteiger partial charge is 0.384 e. The molecule has 1 aliphatic heterocycles. The first-order valence-electron chi connectivity index (χ1n) is 7.29. The first-order chi connectivity index (χ1) is 10.5. The first kappa shape index (κ1) is 18.2. The number of anilines is 1. The third kappa shape index (κ3) is 4.23. The molecule has 0 radical (unpaired) electrons. The van der Waals surface area contributed by atoms with Crippen molar-refractivity contribution in [3.63, 3.8) is 0 Å². The van der Waals surface area contributed by atoms with Crippen LogP contribution in [0.5, 0.6) is 0 Å². The standard InChI is InChI=1S/C14H23N3O4S2/c1-9-12(10(2)17-16-9)8-15-13-6-5-11(22(3,18)19)7-14(13)23(4,20)21/h5-7,9-10,12,15-17H,8H2,1-4H3. The molecule has 23 heavy (non-hydrogen) atoms. The monoisotopic (exact) mass is 361 g/mol. The average Bonchev–Trinajstić information content (AvgIpc) is 2.73.